The molecule has 0 aliphatic rings. The molecule has 0 fully saturated rings. The number of hydrogen-bond acceptors (Lipinski definition) is 3. The zero-order chi connectivity index (χ0) is 20.5. The van der Waals surface area contributed by atoms with E-state index in [4.69, 9.17) is 16.3 Å². The summed E-state index contributed by atoms with van der Waals surface area (Å²) in [5, 5.41) is 9.76. The molecule has 1 aromatic heterocycles. The molecule has 3 rings (SSSR count). The average molecular weight is 412 g/mol. The van der Waals surface area contributed by atoms with Crippen molar-refractivity contribution in [2.24, 2.45) is 0 Å². The van der Waals surface area contributed by atoms with E-state index in [9.17, 15) is 23.1 Å². The number of nitrogens with one attached hydrogen (secondary N) is 1. The minimum atomic E-state index is -4.63. The molecule has 4 nitrogen and oxygen atoms in total. The molecular formula is C20H17ClF3NO3. The van der Waals surface area contributed by atoms with E-state index in [0.29, 0.717) is 21.9 Å². The Morgan fingerprint density at radius 1 is 1.21 bits per heavy atom. The van der Waals surface area contributed by atoms with Gasteiger partial charge in [-0.1, -0.05) is 23.7 Å². The summed E-state index contributed by atoms with van der Waals surface area (Å²) in [6.07, 6.45) is -4.17. The van der Waals surface area contributed by atoms with Gasteiger partial charge < -0.3 is 14.8 Å². The quantitative estimate of drug-likeness (QED) is 0.634. The standard InChI is InChI=1S/C20H17ClF3NO3/c1-28-16-8-7-11(21)10-14(16)17-12-4-2-6-15(20(22,23)24)18(12)25-19(27)13(17)5-3-9-26/h2,4,6-8,10,26H,3,5,9H2,1H3,(H,25,27). The summed E-state index contributed by atoms with van der Waals surface area (Å²) in [7, 11) is 1.43. The molecule has 0 spiro atoms. The monoisotopic (exact) mass is 411 g/mol. The van der Waals surface area contributed by atoms with Gasteiger partial charge in [-0.3, -0.25) is 4.79 Å². The normalized spacial score (nSPS) is 11.8. The number of halogens is 4. The molecule has 0 saturated heterocycles. The SMILES string of the molecule is COc1ccc(Cl)cc1-c1c(CCCO)c(=O)[nH]c2c(C(F)(F)F)cccc12. The third-order valence-electron chi connectivity index (χ3n) is 4.47. The number of ether oxygens (including phenoxy) is 1. The van der Waals surface area contributed by atoms with Gasteiger partial charge in [-0.05, 0) is 37.1 Å². The highest BCUT2D eigenvalue weighted by atomic mass is 35.5. The van der Waals surface area contributed by atoms with Crippen molar-refractivity contribution in [2.45, 2.75) is 19.0 Å². The van der Waals surface area contributed by atoms with Gasteiger partial charge >= 0.3 is 6.18 Å². The second-order valence-corrected chi connectivity index (χ2v) is 6.64. The molecule has 8 heteroatoms. The Hall–Kier alpha value is -2.51. The van der Waals surface area contributed by atoms with Gasteiger partial charge in [0.2, 0.25) is 0 Å². The first-order valence-electron chi connectivity index (χ1n) is 8.47. The van der Waals surface area contributed by atoms with Crippen molar-refractivity contribution in [3.63, 3.8) is 0 Å². The maximum absolute atomic E-state index is 13.5. The maximum atomic E-state index is 13.5. The summed E-state index contributed by atoms with van der Waals surface area (Å²) in [5.41, 5.74) is -0.880. The Morgan fingerprint density at radius 3 is 2.61 bits per heavy atom. The lowest BCUT2D eigenvalue weighted by Gasteiger charge is -2.18. The number of rotatable bonds is 5. The van der Waals surface area contributed by atoms with E-state index in [0.717, 1.165) is 6.07 Å². The van der Waals surface area contributed by atoms with Crippen LogP contribution in [-0.2, 0) is 12.6 Å². The largest absolute Gasteiger partial charge is 0.496 e. The molecule has 28 heavy (non-hydrogen) atoms. The Kier molecular flexibility index (Phi) is 5.67. The predicted octanol–water partition coefficient (Wildman–Crippen LogP) is 4.80. The van der Waals surface area contributed by atoms with E-state index in [-0.39, 0.29) is 35.9 Å². The fraction of sp³-hybridized carbons (Fsp3) is 0.250. The van der Waals surface area contributed by atoms with Crippen LogP contribution < -0.4 is 10.3 Å². The van der Waals surface area contributed by atoms with Crippen LogP contribution >= 0.6 is 11.6 Å². The van der Waals surface area contributed by atoms with Gasteiger partial charge in [0.25, 0.3) is 5.56 Å². The van der Waals surface area contributed by atoms with Crippen LogP contribution in [0.2, 0.25) is 5.02 Å². The van der Waals surface area contributed by atoms with Crippen molar-refractivity contribution < 1.29 is 23.0 Å². The fourth-order valence-electron chi connectivity index (χ4n) is 3.27. The molecule has 0 amide bonds. The van der Waals surface area contributed by atoms with Crippen LogP contribution in [0.1, 0.15) is 17.5 Å². The van der Waals surface area contributed by atoms with E-state index in [1.165, 1.54) is 19.2 Å². The first kappa shape index (κ1) is 20.2. The third-order valence-corrected chi connectivity index (χ3v) is 4.70. The molecule has 0 aliphatic heterocycles. The molecule has 0 radical (unpaired) electrons. The highest BCUT2D eigenvalue weighted by Gasteiger charge is 2.34. The predicted molar refractivity (Wildman–Crippen MR) is 102 cm³/mol. The minimum absolute atomic E-state index is 0.161. The van der Waals surface area contributed by atoms with Crippen LogP contribution in [0.15, 0.2) is 41.2 Å². The number of alkyl halides is 3. The van der Waals surface area contributed by atoms with Crippen LogP contribution in [0.4, 0.5) is 13.2 Å². The van der Waals surface area contributed by atoms with Gasteiger partial charge in [-0.2, -0.15) is 13.2 Å². The molecule has 0 unspecified atom stereocenters. The van der Waals surface area contributed by atoms with E-state index < -0.39 is 17.3 Å². The highest BCUT2D eigenvalue weighted by Crippen LogP contribution is 2.41. The van der Waals surface area contributed by atoms with E-state index in [2.05, 4.69) is 4.98 Å². The third kappa shape index (κ3) is 3.72. The van der Waals surface area contributed by atoms with Gasteiger partial charge in [0.1, 0.15) is 5.75 Å². The van der Waals surface area contributed by atoms with E-state index in [1.54, 1.807) is 18.2 Å². The number of fused-ring (bicyclic) bond motifs is 1. The van der Waals surface area contributed by atoms with E-state index >= 15 is 0 Å². The van der Waals surface area contributed by atoms with Gasteiger partial charge in [0.05, 0.1) is 18.2 Å². The summed E-state index contributed by atoms with van der Waals surface area (Å²) in [6.45, 7) is -0.161. The summed E-state index contributed by atoms with van der Waals surface area (Å²) in [5.74, 6) is 0.374. The second kappa shape index (κ2) is 7.85. The number of para-hydroxylation sites is 1. The number of pyridine rings is 1. The lowest BCUT2D eigenvalue weighted by Crippen LogP contribution is -2.18. The molecule has 0 atom stereocenters. The summed E-state index contributed by atoms with van der Waals surface area (Å²) in [6, 6.07) is 8.46. The smallest absolute Gasteiger partial charge is 0.418 e. The van der Waals surface area contributed by atoms with Crippen molar-refractivity contribution in [1.82, 2.24) is 4.98 Å². The maximum Gasteiger partial charge on any atom is 0.418 e. The molecular weight excluding hydrogens is 395 g/mol. The fourth-order valence-corrected chi connectivity index (χ4v) is 3.45. The van der Waals surface area contributed by atoms with Crippen molar-refractivity contribution in [3.8, 4) is 16.9 Å². The van der Waals surface area contributed by atoms with E-state index in [1.807, 2.05) is 0 Å². The van der Waals surface area contributed by atoms with Gasteiger partial charge in [-0.25, -0.2) is 0 Å². The Labute approximate surface area is 163 Å². The highest BCUT2D eigenvalue weighted by molar-refractivity contribution is 6.31. The molecule has 3 aromatic rings. The number of methoxy groups -OCH3 is 1. The minimum Gasteiger partial charge on any atom is -0.496 e. The Balaban J connectivity index is 2.48. The van der Waals surface area contributed by atoms with Crippen molar-refractivity contribution in [3.05, 3.63) is 62.9 Å². The zero-order valence-corrected chi connectivity index (χ0v) is 15.6. The van der Waals surface area contributed by atoms with Gasteiger partial charge in [0.15, 0.2) is 0 Å². The number of aromatic nitrogens is 1. The Morgan fingerprint density at radius 2 is 1.96 bits per heavy atom. The number of hydrogen-bond donors (Lipinski definition) is 2. The Bertz CT molecular complexity index is 1080. The average Bonchev–Trinajstić information content (AvgIpc) is 2.64. The summed E-state index contributed by atoms with van der Waals surface area (Å²) >= 11 is 6.11. The van der Waals surface area contributed by atoms with Crippen LogP contribution in [0.5, 0.6) is 5.75 Å². The molecule has 2 N–H and O–H groups in total. The lowest BCUT2D eigenvalue weighted by atomic mass is 9.92. The van der Waals surface area contributed by atoms with Crippen LogP contribution in [0, 0.1) is 0 Å². The first-order valence-corrected chi connectivity index (χ1v) is 8.85. The first-order chi connectivity index (χ1) is 13.3. The summed E-state index contributed by atoms with van der Waals surface area (Å²) in [4.78, 5) is 15.1. The van der Waals surface area contributed by atoms with Crippen LogP contribution in [-0.4, -0.2) is 23.8 Å². The van der Waals surface area contributed by atoms with Crippen molar-refractivity contribution in [1.29, 1.82) is 0 Å². The lowest BCUT2D eigenvalue weighted by molar-refractivity contribution is -0.136. The topological polar surface area (TPSA) is 62.3 Å². The van der Waals surface area contributed by atoms with Crippen molar-refractivity contribution >= 4 is 22.5 Å². The zero-order valence-electron chi connectivity index (χ0n) is 14.9. The summed E-state index contributed by atoms with van der Waals surface area (Å²) < 4.78 is 45.8. The number of H-pyrrole nitrogens is 1. The van der Waals surface area contributed by atoms with Gasteiger partial charge in [-0.15, -0.1) is 0 Å². The second-order valence-electron chi connectivity index (χ2n) is 6.21. The number of benzene rings is 2. The molecule has 0 saturated carbocycles. The number of aromatic amines is 1. The number of aliphatic hydroxyl groups is 1. The molecule has 1 heterocycles. The number of aliphatic hydroxyl groups excluding tert-OH is 1. The van der Waals surface area contributed by atoms with Crippen LogP contribution in [0.3, 0.4) is 0 Å². The van der Waals surface area contributed by atoms with Crippen molar-refractivity contribution in [2.75, 3.05) is 13.7 Å². The van der Waals surface area contributed by atoms with Gasteiger partial charge in [0, 0.05) is 33.7 Å². The molecule has 0 bridgehead atoms. The van der Waals surface area contributed by atoms with Crippen LogP contribution in [0.25, 0.3) is 22.0 Å². The molecule has 0 aliphatic carbocycles. The molecule has 2 aromatic carbocycles. The molecule has 148 valence electrons.